The van der Waals surface area contributed by atoms with Gasteiger partial charge in [-0.1, -0.05) is 0 Å². The van der Waals surface area contributed by atoms with Crippen LogP contribution < -0.4 is 34.7 Å². The van der Waals surface area contributed by atoms with E-state index in [-0.39, 0.29) is 35.3 Å². The van der Waals surface area contributed by atoms with Crippen LogP contribution in [0.4, 0.5) is 5.82 Å². The van der Waals surface area contributed by atoms with Crippen LogP contribution in [0.3, 0.4) is 0 Å². The van der Waals surface area contributed by atoms with Gasteiger partial charge in [-0.3, -0.25) is 0 Å². The minimum Gasteiger partial charge on any atom is -0.853 e. The van der Waals surface area contributed by atoms with Crippen molar-refractivity contribution in [2.75, 3.05) is 0 Å². The number of rotatable bonds is 1. The zero-order valence-corrected chi connectivity index (χ0v) is 8.99. The minimum absolute atomic E-state index is 0. The number of nitro groups is 1. The van der Waals surface area contributed by atoms with Crippen LogP contribution in [0, 0.1) is 10.1 Å². The molecule has 2 aromatic heterocycles. The SMILES string of the molecule is O=[N+]([O-])c1nnc2ncnn2c1[O-].[Na+]. The monoisotopic (exact) mass is 204 g/mol. The minimum atomic E-state index is -0.937. The van der Waals surface area contributed by atoms with Crippen molar-refractivity contribution in [1.82, 2.24) is 24.8 Å². The van der Waals surface area contributed by atoms with E-state index in [4.69, 9.17) is 0 Å². The van der Waals surface area contributed by atoms with Crippen LogP contribution >= 0.6 is 0 Å². The summed E-state index contributed by atoms with van der Waals surface area (Å²) < 4.78 is 0.713. The van der Waals surface area contributed by atoms with Crippen LogP contribution in [0.25, 0.3) is 5.78 Å². The van der Waals surface area contributed by atoms with E-state index in [1.54, 1.807) is 0 Å². The zero-order chi connectivity index (χ0) is 9.42. The van der Waals surface area contributed by atoms with Crippen molar-refractivity contribution in [3.63, 3.8) is 0 Å². The van der Waals surface area contributed by atoms with Gasteiger partial charge in [-0.05, 0) is 4.92 Å². The quantitative estimate of drug-likeness (QED) is 0.260. The van der Waals surface area contributed by atoms with Crippen molar-refractivity contribution in [2.24, 2.45) is 0 Å². The Balaban J connectivity index is 0.000000980. The van der Waals surface area contributed by atoms with E-state index in [1.807, 2.05) is 0 Å². The summed E-state index contributed by atoms with van der Waals surface area (Å²) in [6.45, 7) is 0. The molecule has 2 rings (SSSR count). The summed E-state index contributed by atoms with van der Waals surface area (Å²) in [7, 11) is 0. The number of nitrogens with zero attached hydrogens (tertiary/aromatic N) is 6. The molecule has 0 fully saturated rings. The molecule has 0 amide bonds. The van der Waals surface area contributed by atoms with Gasteiger partial charge < -0.3 is 15.2 Å². The molecule has 0 spiro atoms. The maximum absolute atomic E-state index is 11.1. The standard InChI is InChI=1S/C4H2N6O3.Na/c11-3-2(10(12)13)7-8-4-5-1-6-9(3)4;/h1,11H;/q;+1/p-1. The van der Waals surface area contributed by atoms with Gasteiger partial charge in [-0.25, -0.2) is 4.52 Å². The third-order valence-corrected chi connectivity index (χ3v) is 1.32. The summed E-state index contributed by atoms with van der Waals surface area (Å²) in [5.41, 5.74) is 0. The molecule has 0 aromatic carbocycles. The third kappa shape index (κ3) is 1.52. The summed E-state index contributed by atoms with van der Waals surface area (Å²) >= 11 is 0. The molecule has 0 unspecified atom stereocenters. The van der Waals surface area contributed by atoms with Crippen LogP contribution in [0.1, 0.15) is 0 Å². The summed E-state index contributed by atoms with van der Waals surface area (Å²) in [5, 5.41) is 31.2. The number of hydrogen-bond donors (Lipinski definition) is 0. The number of hydrogen-bond acceptors (Lipinski definition) is 7. The van der Waals surface area contributed by atoms with Crippen molar-refractivity contribution >= 4 is 11.6 Å². The second-order valence-corrected chi connectivity index (χ2v) is 2.06. The van der Waals surface area contributed by atoms with Gasteiger partial charge in [0.1, 0.15) is 6.33 Å². The number of aromatic nitrogens is 5. The molecule has 10 heteroatoms. The average Bonchev–Trinajstić information content (AvgIpc) is 2.52. The molecule has 9 nitrogen and oxygen atoms in total. The topological polar surface area (TPSA) is 122 Å². The maximum Gasteiger partial charge on any atom is 1.00 e. The van der Waals surface area contributed by atoms with E-state index in [0.29, 0.717) is 4.52 Å². The fourth-order valence-corrected chi connectivity index (χ4v) is 0.791. The Hall–Kier alpha value is -1.32. The van der Waals surface area contributed by atoms with Gasteiger partial charge in [0.2, 0.25) is 0 Å². The van der Waals surface area contributed by atoms with Crippen molar-refractivity contribution in [3.8, 4) is 5.88 Å². The van der Waals surface area contributed by atoms with Gasteiger partial charge in [0.25, 0.3) is 5.78 Å². The first kappa shape index (κ1) is 10.8. The van der Waals surface area contributed by atoms with E-state index in [2.05, 4.69) is 20.3 Å². The molecule has 0 aliphatic heterocycles. The van der Waals surface area contributed by atoms with Crippen LogP contribution in [0.15, 0.2) is 6.33 Å². The first-order valence-electron chi connectivity index (χ1n) is 3.08. The molecule has 0 aliphatic rings. The first-order valence-corrected chi connectivity index (χ1v) is 3.08. The molecule has 0 atom stereocenters. The van der Waals surface area contributed by atoms with Gasteiger partial charge in [-0.15, -0.1) is 0 Å². The molecule has 2 heterocycles. The van der Waals surface area contributed by atoms with Gasteiger partial charge in [0.05, 0.1) is 11.0 Å². The molecule has 0 saturated carbocycles. The van der Waals surface area contributed by atoms with E-state index >= 15 is 0 Å². The Bertz CT molecular complexity index is 483. The van der Waals surface area contributed by atoms with Crippen molar-refractivity contribution in [2.45, 2.75) is 0 Å². The Labute approximate surface area is 98.2 Å². The summed E-state index contributed by atoms with van der Waals surface area (Å²) in [5.74, 6) is -1.86. The van der Waals surface area contributed by atoms with Crippen LogP contribution in [0.5, 0.6) is 5.88 Å². The molecular weight excluding hydrogens is 203 g/mol. The second kappa shape index (κ2) is 3.82. The largest absolute Gasteiger partial charge is 1.00 e. The van der Waals surface area contributed by atoms with Gasteiger partial charge in [0, 0.05) is 5.10 Å². The summed E-state index contributed by atoms with van der Waals surface area (Å²) in [6.07, 6.45) is 1.06. The van der Waals surface area contributed by atoms with Crippen LogP contribution in [-0.4, -0.2) is 29.7 Å². The molecular formula is C4HN6NaO3. The van der Waals surface area contributed by atoms with Crippen molar-refractivity contribution < 1.29 is 39.6 Å². The Morgan fingerprint density at radius 2 is 2.14 bits per heavy atom. The predicted octanol–water partition coefficient (Wildman–Crippen LogP) is -4.49. The average molecular weight is 204 g/mol. The van der Waals surface area contributed by atoms with Crippen molar-refractivity contribution in [1.29, 1.82) is 0 Å². The third-order valence-electron chi connectivity index (χ3n) is 1.32. The Morgan fingerprint density at radius 1 is 1.43 bits per heavy atom. The molecule has 0 N–H and O–H groups in total. The van der Waals surface area contributed by atoms with E-state index in [9.17, 15) is 15.2 Å². The molecule has 2 aromatic rings. The van der Waals surface area contributed by atoms with Crippen LogP contribution in [-0.2, 0) is 0 Å². The van der Waals surface area contributed by atoms with E-state index in [1.165, 1.54) is 0 Å². The smallest absolute Gasteiger partial charge is 0.853 e. The Kier molecular flexibility index (Phi) is 2.93. The molecule has 66 valence electrons. The zero-order valence-electron chi connectivity index (χ0n) is 6.99. The molecule has 14 heavy (non-hydrogen) atoms. The molecule has 0 radical (unpaired) electrons. The molecule has 0 aliphatic carbocycles. The summed E-state index contributed by atoms with van der Waals surface area (Å²) in [6, 6.07) is 0. The maximum atomic E-state index is 11.1. The first-order chi connectivity index (χ1) is 6.20. The summed E-state index contributed by atoms with van der Waals surface area (Å²) in [4.78, 5) is 12.8. The fraction of sp³-hybridized carbons (Fsp3) is 0. The molecule has 0 saturated heterocycles. The predicted molar refractivity (Wildman–Crippen MR) is 34.7 cm³/mol. The second-order valence-electron chi connectivity index (χ2n) is 2.06. The fourth-order valence-electron chi connectivity index (χ4n) is 0.791. The van der Waals surface area contributed by atoms with E-state index < -0.39 is 16.6 Å². The van der Waals surface area contributed by atoms with Crippen molar-refractivity contribution in [3.05, 3.63) is 16.4 Å². The van der Waals surface area contributed by atoms with Gasteiger partial charge in [-0.2, -0.15) is 10.1 Å². The van der Waals surface area contributed by atoms with E-state index in [0.717, 1.165) is 6.33 Å². The molecule has 0 bridgehead atoms. The normalized spacial score (nSPS) is 9.71. The Morgan fingerprint density at radius 3 is 2.79 bits per heavy atom. The van der Waals surface area contributed by atoms with Crippen LogP contribution in [0.2, 0.25) is 0 Å². The number of fused-ring (bicyclic) bond motifs is 1. The van der Waals surface area contributed by atoms with Gasteiger partial charge in [0.15, 0.2) is 0 Å². The van der Waals surface area contributed by atoms with Gasteiger partial charge >= 0.3 is 35.4 Å².